The van der Waals surface area contributed by atoms with E-state index in [0.29, 0.717) is 6.42 Å². The Hall–Kier alpha value is -1.29. The number of carbonyl (C=O) groups is 1. The Kier molecular flexibility index (Phi) is 3.52. The molecule has 0 aromatic carbocycles. The SMILES string of the molecule is CC(C)(C)OC(=O)n1ccc(CCO)c1. The lowest BCUT2D eigenvalue weighted by Crippen LogP contribution is -2.26. The van der Waals surface area contributed by atoms with Gasteiger partial charge in [-0.15, -0.1) is 0 Å². The third-order valence-corrected chi connectivity index (χ3v) is 1.76. The number of hydrogen-bond acceptors (Lipinski definition) is 3. The van der Waals surface area contributed by atoms with Crippen molar-refractivity contribution in [1.82, 2.24) is 4.57 Å². The molecule has 1 aromatic heterocycles. The van der Waals surface area contributed by atoms with Crippen molar-refractivity contribution in [3.63, 3.8) is 0 Å². The van der Waals surface area contributed by atoms with E-state index in [0.717, 1.165) is 5.56 Å². The van der Waals surface area contributed by atoms with Crippen LogP contribution in [0.3, 0.4) is 0 Å². The number of ether oxygens (including phenoxy) is 1. The minimum atomic E-state index is -0.488. The normalized spacial score (nSPS) is 11.5. The van der Waals surface area contributed by atoms with Gasteiger partial charge in [-0.1, -0.05) is 0 Å². The predicted molar refractivity (Wildman–Crippen MR) is 56.9 cm³/mol. The minimum Gasteiger partial charge on any atom is -0.443 e. The van der Waals surface area contributed by atoms with Gasteiger partial charge in [0.15, 0.2) is 0 Å². The molecule has 0 saturated carbocycles. The number of nitrogens with zero attached hydrogens (tertiary/aromatic N) is 1. The first-order valence-corrected chi connectivity index (χ1v) is 4.93. The van der Waals surface area contributed by atoms with E-state index >= 15 is 0 Å². The quantitative estimate of drug-likeness (QED) is 0.811. The fraction of sp³-hybridized carbons (Fsp3) is 0.545. The van der Waals surface area contributed by atoms with Crippen molar-refractivity contribution in [3.8, 4) is 0 Å². The summed E-state index contributed by atoms with van der Waals surface area (Å²) in [6, 6.07) is 1.79. The van der Waals surface area contributed by atoms with Crippen LogP contribution in [0.5, 0.6) is 0 Å². The van der Waals surface area contributed by atoms with Crippen molar-refractivity contribution in [2.75, 3.05) is 6.61 Å². The monoisotopic (exact) mass is 211 g/mol. The maximum absolute atomic E-state index is 11.6. The Morgan fingerprint density at radius 2 is 2.20 bits per heavy atom. The number of aromatic nitrogens is 1. The van der Waals surface area contributed by atoms with Crippen LogP contribution in [-0.4, -0.2) is 28.0 Å². The van der Waals surface area contributed by atoms with Crippen molar-refractivity contribution in [2.24, 2.45) is 0 Å². The first-order chi connectivity index (χ1) is 6.92. The summed E-state index contributed by atoms with van der Waals surface area (Å²) in [4.78, 5) is 11.6. The van der Waals surface area contributed by atoms with Crippen LogP contribution in [0.2, 0.25) is 0 Å². The molecule has 1 heterocycles. The summed E-state index contributed by atoms with van der Waals surface area (Å²) >= 11 is 0. The van der Waals surface area contributed by atoms with Crippen LogP contribution in [0.4, 0.5) is 4.79 Å². The Balaban J connectivity index is 2.66. The summed E-state index contributed by atoms with van der Waals surface area (Å²) in [5.74, 6) is 0. The van der Waals surface area contributed by atoms with E-state index in [-0.39, 0.29) is 6.61 Å². The highest BCUT2D eigenvalue weighted by Crippen LogP contribution is 2.10. The number of hydrogen-bond donors (Lipinski definition) is 1. The van der Waals surface area contributed by atoms with E-state index in [4.69, 9.17) is 9.84 Å². The van der Waals surface area contributed by atoms with Gasteiger partial charge in [0.05, 0.1) is 0 Å². The summed E-state index contributed by atoms with van der Waals surface area (Å²) in [5.41, 5.74) is 0.432. The van der Waals surface area contributed by atoms with Gasteiger partial charge in [0.1, 0.15) is 5.60 Å². The molecule has 0 aliphatic heterocycles. The molecule has 15 heavy (non-hydrogen) atoms. The molecule has 0 fully saturated rings. The first-order valence-electron chi connectivity index (χ1n) is 4.93. The van der Waals surface area contributed by atoms with Crippen molar-refractivity contribution < 1.29 is 14.6 Å². The fourth-order valence-corrected chi connectivity index (χ4v) is 1.15. The maximum atomic E-state index is 11.6. The molecule has 0 radical (unpaired) electrons. The molecule has 1 aromatic rings. The number of aliphatic hydroxyl groups is 1. The molecule has 4 nitrogen and oxygen atoms in total. The Morgan fingerprint density at radius 1 is 1.53 bits per heavy atom. The molecule has 0 spiro atoms. The van der Waals surface area contributed by atoms with Gasteiger partial charge in [-0.25, -0.2) is 4.79 Å². The molecule has 0 bridgehead atoms. The second-order valence-electron chi connectivity index (χ2n) is 4.38. The standard InChI is InChI=1S/C11H17NO3/c1-11(2,3)15-10(14)12-6-4-9(8-12)5-7-13/h4,6,8,13H,5,7H2,1-3H3. The highest BCUT2D eigenvalue weighted by molar-refractivity contribution is 5.71. The van der Waals surface area contributed by atoms with Gasteiger partial charge >= 0.3 is 6.09 Å². The van der Waals surface area contributed by atoms with Gasteiger partial charge in [-0.3, -0.25) is 4.57 Å². The molecule has 0 unspecified atom stereocenters. The molecule has 84 valence electrons. The smallest absolute Gasteiger partial charge is 0.418 e. The average Bonchev–Trinajstić information content (AvgIpc) is 2.50. The number of rotatable bonds is 2. The molecular formula is C11H17NO3. The van der Waals surface area contributed by atoms with Crippen LogP contribution in [0.15, 0.2) is 18.5 Å². The van der Waals surface area contributed by atoms with Crippen LogP contribution < -0.4 is 0 Å². The van der Waals surface area contributed by atoms with Crippen LogP contribution in [0, 0.1) is 0 Å². The summed E-state index contributed by atoms with van der Waals surface area (Å²) < 4.78 is 6.56. The molecule has 4 heteroatoms. The number of aliphatic hydroxyl groups excluding tert-OH is 1. The lowest BCUT2D eigenvalue weighted by atomic mass is 10.2. The molecule has 0 aliphatic carbocycles. The van der Waals surface area contributed by atoms with E-state index in [1.165, 1.54) is 4.57 Å². The average molecular weight is 211 g/mol. The molecule has 0 aliphatic rings. The van der Waals surface area contributed by atoms with Crippen molar-refractivity contribution >= 4 is 6.09 Å². The van der Waals surface area contributed by atoms with Gasteiger partial charge in [0.25, 0.3) is 0 Å². The van der Waals surface area contributed by atoms with E-state index in [1.54, 1.807) is 18.5 Å². The molecule has 1 rings (SSSR count). The summed E-state index contributed by atoms with van der Waals surface area (Å²) in [6.07, 6.45) is 3.46. The lowest BCUT2D eigenvalue weighted by molar-refractivity contribution is 0.0537. The van der Waals surface area contributed by atoms with Crippen LogP contribution in [0.1, 0.15) is 26.3 Å². The topological polar surface area (TPSA) is 51.5 Å². The van der Waals surface area contributed by atoms with E-state index in [2.05, 4.69) is 0 Å². The third-order valence-electron chi connectivity index (χ3n) is 1.76. The van der Waals surface area contributed by atoms with Crippen molar-refractivity contribution in [1.29, 1.82) is 0 Å². The van der Waals surface area contributed by atoms with Gasteiger partial charge < -0.3 is 9.84 Å². The van der Waals surface area contributed by atoms with Gasteiger partial charge in [0, 0.05) is 19.0 Å². The van der Waals surface area contributed by atoms with Gasteiger partial charge in [-0.05, 0) is 38.8 Å². The zero-order valence-electron chi connectivity index (χ0n) is 9.36. The largest absolute Gasteiger partial charge is 0.443 e. The molecule has 0 amide bonds. The molecule has 0 saturated heterocycles. The Morgan fingerprint density at radius 3 is 2.73 bits per heavy atom. The zero-order valence-corrected chi connectivity index (χ0v) is 9.36. The first kappa shape index (κ1) is 11.8. The van der Waals surface area contributed by atoms with Crippen LogP contribution in [0.25, 0.3) is 0 Å². The number of carbonyl (C=O) groups excluding carboxylic acids is 1. The fourth-order valence-electron chi connectivity index (χ4n) is 1.15. The third kappa shape index (κ3) is 3.75. The second kappa shape index (κ2) is 4.49. The Labute approximate surface area is 89.5 Å². The van der Waals surface area contributed by atoms with Crippen molar-refractivity contribution in [3.05, 3.63) is 24.0 Å². The molecule has 0 atom stereocenters. The predicted octanol–water partition coefficient (Wildman–Crippen LogP) is 1.81. The highest BCUT2D eigenvalue weighted by atomic mass is 16.6. The lowest BCUT2D eigenvalue weighted by Gasteiger charge is -2.19. The minimum absolute atomic E-state index is 0.0817. The summed E-state index contributed by atoms with van der Waals surface area (Å²) in [5, 5.41) is 8.73. The Bertz CT molecular complexity index is 336. The highest BCUT2D eigenvalue weighted by Gasteiger charge is 2.17. The van der Waals surface area contributed by atoms with E-state index in [9.17, 15) is 4.79 Å². The molecule has 1 N–H and O–H groups in total. The maximum Gasteiger partial charge on any atom is 0.418 e. The van der Waals surface area contributed by atoms with Gasteiger partial charge in [0.2, 0.25) is 0 Å². The van der Waals surface area contributed by atoms with Crippen LogP contribution in [-0.2, 0) is 11.2 Å². The van der Waals surface area contributed by atoms with Crippen LogP contribution >= 0.6 is 0 Å². The van der Waals surface area contributed by atoms with E-state index in [1.807, 2.05) is 20.8 Å². The van der Waals surface area contributed by atoms with Crippen molar-refractivity contribution in [2.45, 2.75) is 32.8 Å². The summed E-state index contributed by atoms with van der Waals surface area (Å²) in [6.45, 7) is 5.55. The molecular weight excluding hydrogens is 194 g/mol. The van der Waals surface area contributed by atoms with Gasteiger partial charge in [-0.2, -0.15) is 0 Å². The zero-order chi connectivity index (χ0) is 11.5. The second-order valence-corrected chi connectivity index (χ2v) is 4.38. The van der Waals surface area contributed by atoms with E-state index < -0.39 is 11.7 Å². The summed E-state index contributed by atoms with van der Waals surface area (Å²) in [7, 11) is 0.